The van der Waals surface area contributed by atoms with Gasteiger partial charge in [0, 0.05) is 24.6 Å². The number of halogens is 2. The van der Waals surface area contributed by atoms with E-state index in [0.29, 0.717) is 5.15 Å². The van der Waals surface area contributed by atoms with Gasteiger partial charge in [0.15, 0.2) is 5.15 Å². The number of hydrogen-bond donors (Lipinski definition) is 0. The molecule has 0 aromatic carbocycles. The van der Waals surface area contributed by atoms with Crippen molar-refractivity contribution in [3.63, 3.8) is 0 Å². The van der Waals surface area contributed by atoms with E-state index in [-0.39, 0.29) is 17.6 Å². The summed E-state index contributed by atoms with van der Waals surface area (Å²) in [6, 6.07) is 0. The van der Waals surface area contributed by atoms with Crippen LogP contribution in [-0.2, 0) is 11.3 Å². The van der Waals surface area contributed by atoms with E-state index in [4.69, 9.17) is 23.2 Å². The summed E-state index contributed by atoms with van der Waals surface area (Å²) in [4.78, 5) is 17.6. The van der Waals surface area contributed by atoms with Gasteiger partial charge < -0.3 is 9.47 Å². The van der Waals surface area contributed by atoms with Crippen LogP contribution in [0.25, 0.3) is 0 Å². The molecule has 0 spiro atoms. The summed E-state index contributed by atoms with van der Waals surface area (Å²) in [5.74, 6) is 2.07. The van der Waals surface area contributed by atoms with Gasteiger partial charge in [0.1, 0.15) is 11.7 Å². The van der Waals surface area contributed by atoms with Crippen LogP contribution in [0.15, 0.2) is 6.33 Å². The van der Waals surface area contributed by atoms with Gasteiger partial charge in [-0.15, -0.1) is 0 Å². The van der Waals surface area contributed by atoms with Gasteiger partial charge in [0.2, 0.25) is 5.91 Å². The number of thioether (sulfide) groups is 1. The number of imidazole rings is 1. The summed E-state index contributed by atoms with van der Waals surface area (Å²) in [6.45, 7) is 1.83. The van der Waals surface area contributed by atoms with E-state index in [2.05, 4.69) is 4.98 Å². The second-order valence-electron chi connectivity index (χ2n) is 3.45. The predicted octanol–water partition coefficient (Wildman–Crippen LogP) is 1.77. The molecule has 1 aliphatic rings. The first kappa shape index (κ1) is 12.1. The summed E-state index contributed by atoms with van der Waals surface area (Å²) in [5.41, 5.74) is 0. The molecule has 1 aliphatic heterocycles. The highest BCUT2D eigenvalue weighted by atomic mass is 35.5. The van der Waals surface area contributed by atoms with Crippen LogP contribution in [-0.4, -0.2) is 45.0 Å². The van der Waals surface area contributed by atoms with Crippen LogP contribution in [0.2, 0.25) is 10.3 Å². The van der Waals surface area contributed by atoms with Crippen molar-refractivity contribution < 1.29 is 4.79 Å². The Morgan fingerprint density at radius 2 is 2.12 bits per heavy atom. The third kappa shape index (κ3) is 2.64. The van der Waals surface area contributed by atoms with Crippen molar-refractivity contribution in [3.05, 3.63) is 16.6 Å². The Balaban J connectivity index is 1.98. The molecular weight excluding hydrogens is 269 g/mol. The van der Waals surface area contributed by atoms with Crippen LogP contribution in [0.3, 0.4) is 0 Å². The summed E-state index contributed by atoms with van der Waals surface area (Å²) >= 11 is 13.5. The van der Waals surface area contributed by atoms with E-state index >= 15 is 0 Å². The van der Waals surface area contributed by atoms with Crippen molar-refractivity contribution >= 4 is 40.9 Å². The molecule has 1 fully saturated rings. The average Bonchev–Trinajstić information content (AvgIpc) is 2.62. The summed E-state index contributed by atoms with van der Waals surface area (Å²) in [7, 11) is 0. The maximum absolute atomic E-state index is 11.9. The third-order valence-corrected chi connectivity index (χ3v) is 4.11. The van der Waals surface area contributed by atoms with E-state index in [1.54, 1.807) is 4.57 Å². The van der Waals surface area contributed by atoms with Gasteiger partial charge >= 0.3 is 0 Å². The van der Waals surface area contributed by atoms with Crippen molar-refractivity contribution in [2.75, 3.05) is 24.6 Å². The zero-order valence-corrected chi connectivity index (χ0v) is 10.9. The Morgan fingerprint density at radius 3 is 2.69 bits per heavy atom. The Labute approximate surface area is 108 Å². The number of hydrogen-bond acceptors (Lipinski definition) is 3. The normalized spacial score (nSPS) is 16.5. The lowest BCUT2D eigenvalue weighted by atomic mass is 10.4. The van der Waals surface area contributed by atoms with Gasteiger partial charge in [-0.1, -0.05) is 23.2 Å². The molecule has 1 amide bonds. The lowest BCUT2D eigenvalue weighted by Crippen LogP contribution is -2.39. The third-order valence-electron chi connectivity index (χ3n) is 2.40. The van der Waals surface area contributed by atoms with E-state index in [1.165, 1.54) is 6.33 Å². The number of rotatable bonds is 2. The maximum Gasteiger partial charge on any atom is 0.242 e. The minimum Gasteiger partial charge on any atom is -0.339 e. The van der Waals surface area contributed by atoms with Gasteiger partial charge in [-0.2, -0.15) is 11.8 Å². The lowest BCUT2D eigenvalue weighted by molar-refractivity contribution is -0.131. The highest BCUT2D eigenvalue weighted by Gasteiger charge is 2.18. The molecule has 2 heterocycles. The molecule has 0 aliphatic carbocycles. The average molecular weight is 280 g/mol. The van der Waals surface area contributed by atoms with Crippen molar-refractivity contribution in [1.82, 2.24) is 14.5 Å². The SMILES string of the molecule is O=C(Cn1cnc(Cl)c1Cl)N1CCSCC1. The molecule has 0 N–H and O–H groups in total. The Bertz CT molecular complexity index is 390. The largest absolute Gasteiger partial charge is 0.339 e. The molecule has 88 valence electrons. The highest BCUT2D eigenvalue weighted by Crippen LogP contribution is 2.19. The van der Waals surface area contributed by atoms with Crippen molar-refractivity contribution in [2.45, 2.75) is 6.54 Å². The molecule has 7 heteroatoms. The van der Waals surface area contributed by atoms with Gasteiger partial charge in [-0.25, -0.2) is 4.98 Å². The van der Waals surface area contributed by atoms with Gasteiger partial charge in [0.25, 0.3) is 0 Å². The molecule has 0 bridgehead atoms. The summed E-state index contributed by atoms with van der Waals surface area (Å²) in [5, 5.41) is 0.560. The molecule has 2 rings (SSSR count). The first-order chi connectivity index (χ1) is 7.68. The van der Waals surface area contributed by atoms with Crippen LogP contribution in [0.4, 0.5) is 0 Å². The molecule has 4 nitrogen and oxygen atoms in total. The van der Waals surface area contributed by atoms with Gasteiger partial charge in [-0.3, -0.25) is 4.79 Å². The molecule has 1 aromatic rings. The Hall–Kier alpha value is -0.390. The van der Waals surface area contributed by atoms with Crippen LogP contribution in [0.1, 0.15) is 0 Å². The zero-order chi connectivity index (χ0) is 11.5. The Morgan fingerprint density at radius 1 is 1.44 bits per heavy atom. The quantitative estimate of drug-likeness (QED) is 0.828. The van der Waals surface area contributed by atoms with Gasteiger partial charge in [-0.05, 0) is 0 Å². The standard InChI is InChI=1S/C9H11Cl2N3OS/c10-8-9(11)14(6-12-8)5-7(15)13-1-3-16-4-2-13/h6H,1-5H2. The molecule has 0 atom stereocenters. The molecular formula is C9H11Cl2N3OS. The predicted molar refractivity (Wildman–Crippen MR) is 66.2 cm³/mol. The first-order valence-corrected chi connectivity index (χ1v) is 6.81. The van der Waals surface area contributed by atoms with Crippen molar-refractivity contribution in [2.24, 2.45) is 0 Å². The molecule has 1 aromatic heterocycles. The highest BCUT2D eigenvalue weighted by molar-refractivity contribution is 7.99. The smallest absolute Gasteiger partial charge is 0.242 e. The molecule has 0 unspecified atom stereocenters. The van der Waals surface area contributed by atoms with Crippen LogP contribution in [0, 0.1) is 0 Å². The fraction of sp³-hybridized carbons (Fsp3) is 0.556. The van der Waals surface area contributed by atoms with Crippen LogP contribution < -0.4 is 0 Å². The molecule has 0 saturated carbocycles. The number of aromatic nitrogens is 2. The van der Waals surface area contributed by atoms with Crippen molar-refractivity contribution in [1.29, 1.82) is 0 Å². The maximum atomic E-state index is 11.9. The second kappa shape index (κ2) is 5.29. The lowest BCUT2D eigenvalue weighted by Gasteiger charge is -2.26. The topological polar surface area (TPSA) is 38.1 Å². The Kier molecular flexibility index (Phi) is 4.00. The summed E-state index contributed by atoms with van der Waals surface area (Å²) < 4.78 is 1.56. The number of carbonyl (C=O) groups is 1. The van der Waals surface area contributed by atoms with E-state index < -0.39 is 0 Å². The number of carbonyl (C=O) groups excluding carboxylic acids is 1. The molecule has 0 radical (unpaired) electrons. The zero-order valence-electron chi connectivity index (χ0n) is 8.53. The number of nitrogens with zero attached hydrogens (tertiary/aromatic N) is 3. The second-order valence-corrected chi connectivity index (χ2v) is 5.39. The summed E-state index contributed by atoms with van der Waals surface area (Å²) in [6.07, 6.45) is 1.49. The van der Waals surface area contributed by atoms with Crippen molar-refractivity contribution in [3.8, 4) is 0 Å². The molecule has 1 saturated heterocycles. The first-order valence-electron chi connectivity index (χ1n) is 4.90. The monoisotopic (exact) mass is 279 g/mol. The van der Waals surface area contributed by atoms with Gasteiger partial charge in [0.05, 0.1) is 6.33 Å². The number of amides is 1. The minimum absolute atomic E-state index is 0.0660. The van der Waals surface area contributed by atoms with E-state index in [0.717, 1.165) is 24.6 Å². The van der Waals surface area contributed by atoms with Crippen LogP contribution >= 0.6 is 35.0 Å². The van der Waals surface area contributed by atoms with Crippen LogP contribution in [0.5, 0.6) is 0 Å². The fourth-order valence-corrected chi connectivity index (χ4v) is 2.72. The minimum atomic E-state index is 0.0660. The van der Waals surface area contributed by atoms with E-state index in [1.807, 2.05) is 16.7 Å². The molecule has 16 heavy (non-hydrogen) atoms. The van der Waals surface area contributed by atoms with E-state index in [9.17, 15) is 4.79 Å². The fourth-order valence-electron chi connectivity index (χ4n) is 1.51.